The van der Waals surface area contributed by atoms with Crippen molar-refractivity contribution in [1.82, 2.24) is 24.8 Å². The van der Waals surface area contributed by atoms with E-state index in [1.807, 2.05) is 16.8 Å². The van der Waals surface area contributed by atoms with Gasteiger partial charge in [-0.2, -0.15) is 0 Å². The Morgan fingerprint density at radius 1 is 1.13 bits per heavy atom. The molecule has 0 bridgehead atoms. The number of benzene rings is 1. The first-order chi connectivity index (χ1) is 14.9. The highest BCUT2D eigenvalue weighted by Gasteiger charge is 2.25. The molecule has 1 saturated heterocycles. The van der Waals surface area contributed by atoms with E-state index in [1.54, 1.807) is 24.7 Å². The molecule has 10 nitrogen and oxygen atoms in total. The van der Waals surface area contributed by atoms with E-state index < -0.39 is 10.0 Å². The average molecular weight is 442 g/mol. The Morgan fingerprint density at radius 3 is 2.48 bits per heavy atom. The molecule has 1 amide bonds. The minimum Gasteiger partial charge on any atom is -0.356 e. The van der Waals surface area contributed by atoms with Crippen molar-refractivity contribution in [1.29, 1.82) is 0 Å². The van der Waals surface area contributed by atoms with Crippen LogP contribution in [0.2, 0.25) is 0 Å². The first kappa shape index (κ1) is 20.9. The first-order valence-corrected chi connectivity index (χ1v) is 11.4. The molecular weight excluding hydrogens is 418 g/mol. The summed E-state index contributed by atoms with van der Waals surface area (Å²) in [4.78, 5) is 27.5. The highest BCUT2D eigenvalue weighted by molar-refractivity contribution is 7.89. The van der Waals surface area contributed by atoms with Crippen LogP contribution in [0.1, 0.15) is 18.4 Å². The molecule has 4 rings (SSSR count). The van der Waals surface area contributed by atoms with Gasteiger partial charge in [0.2, 0.25) is 15.9 Å². The molecule has 3 aromatic rings. The van der Waals surface area contributed by atoms with Gasteiger partial charge in [-0.1, -0.05) is 12.1 Å². The summed E-state index contributed by atoms with van der Waals surface area (Å²) >= 11 is 0. The number of sulfonamides is 1. The van der Waals surface area contributed by atoms with E-state index in [2.05, 4.69) is 25.2 Å². The second-order valence-electron chi connectivity index (χ2n) is 7.37. The van der Waals surface area contributed by atoms with E-state index in [0.717, 1.165) is 43.1 Å². The lowest BCUT2D eigenvalue weighted by Crippen LogP contribution is -2.40. The van der Waals surface area contributed by atoms with Crippen molar-refractivity contribution in [3.8, 4) is 5.82 Å². The Morgan fingerprint density at radius 2 is 1.84 bits per heavy atom. The van der Waals surface area contributed by atoms with Crippen LogP contribution in [0.3, 0.4) is 0 Å². The maximum absolute atomic E-state index is 12.6. The van der Waals surface area contributed by atoms with Crippen LogP contribution in [0.5, 0.6) is 0 Å². The van der Waals surface area contributed by atoms with Gasteiger partial charge in [0.05, 0.1) is 4.90 Å². The lowest BCUT2D eigenvalue weighted by molar-refractivity contribution is -0.125. The van der Waals surface area contributed by atoms with Crippen LogP contribution < -0.4 is 15.4 Å². The molecule has 1 aliphatic rings. The van der Waals surface area contributed by atoms with E-state index >= 15 is 0 Å². The first-order valence-electron chi connectivity index (χ1n) is 9.85. The number of hydrogen-bond donors (Lipinski definition) is 2. The van der Waals surface area contributed by atoms with Gasteiger partial charge in [0.1, 0.15) is 24.3 Å². The Labute approximate surface area is 180 Å². The van der Waals surface area contributed by atoms with Crippen molar-refractivity contribution in [2.75, 3.05) is 18.0 Å². The molecule has 0 radical (unpaired) electrons. The number of amides is 1. The molecular formula is C20H23N7O3S. The number of imidazole rings is 1. The fourth-order valence-corrected chi connectivity index (χ4v) is 4.06. The van der Waals surface area contributed by atoms with Crippen LogP contribution in [0.25, 0.3) is 5.82 Å². The van der Waals surface area contributed by atoms with Crippen LogP contribution in [0.15, 0.2) is 60.3 Å². The number of anilines is 1. The summed E-state index contributed by atoms with van der Waals surface area (Å²) < 4.78 is 24.5. The van der Waals surface area contributed by atoms with Gasteiger partial charge in [0.25, 0.3) is 0 Å². The number of piperidine rings is 1. The highest BCUT2D eigenvalue weighted by atomic mass is 32.2. The second-order valence-corrected chi connectivity index (χ2v) is 8.93. The molecule has 1 fully saturated rings. The molecule has 0 aliphatic carbocycles. The Bertz CT molecular complexity index is 1140. The highest BCUT2D eigenvalue weighted by Crippen LogP contribution is 2.23. The van der Waals surface area contributed by atoms with Crippen molar-refractivity contribution in [3.05, 3.63) is 60.9 Å². The summed E-state index contributed by atoms with van der Waals surface area (Å²) in [5.74, 6) is 1.50. The van der Waals surface area contributed by atoms with E-state index in [1.165, 1.54) is 18.5 Å². The third-order valence-corrected chi connectivity index (χ3v) is 6.24. The number of carbonyl (C=O) groups excluding carboxylic acids is 1. The minimum absolute atomic E-state index is 0.00281. The van der Waals surface area contributed by atoms with Crippen molar-refractivity contribution in [3.63, 3.8) is 0 Å². The SMILES string of the molecule is NS(=O)(=O)c1ccc(CNC(=O)C2CCN(c3cc(-n4ccnc4)ncn3)CC2)cc1. The maximum atomic E-state index is 12.6. The van der Waals surface area contributed by atoms with Gasteiger partial charge in [-0.15, -0.1) is 0 Å². The van der Waals surface area contributed by atoms with E-state index in [4.69, 9.17) is 5.14 Å². The summed E-state index contributed by atoms with van der Waals surface area (Å²) in [6.45, 7) is 1.78. The number of carbonyl (C=O) groups is 1. The Balaban J connectivity index is 1.30. The zero-order chi connectivity index (χ0) is 21.8. The number of hydrogen-bond acceptors (Lipinski definition) is 7. The third kappa shape index (κ3) is 5.06. The van der Waals surface area contributed by atoms with Crippen LogP contribution in [0, 0.1) is 5.92 Å². The van der Waals surface area contributed by atoms with E-state index in [-0.39, 0.29) is 16.7 Å². The number of nitrogens with zero attached hydrogens (tertiary/aromatic N) is 5. The van der Waals surface area contributed by atoms with Crippen molar-refractivity contribution < 1.29 is 13.2 Å². The molecule has 162 valence electrons. The van der Waals surface area contributed by atoms with Crippen molar-refractivity contribution in [2.24, 2.45) is 11.1 Å². The quantitative estimate of drug-likeness (QED) is 0.578. The van der Waals surface area contributed by atoms with E-state index in [0.29, 0.717) is 6.54 Å². The molecule has 3 N–H and O–H groups in total. The zero-order valence-electron chi connectivity index (χ0n) is 16.8. The van der Waals surface area contributed by atoms with Crippen LogP contribution >= 0.6 is 0 Å². The van der Waals surface area contributed by atoms with Gasteiger partial charge >= 0.3 is 0 Å². The van der Waals surface area contributed by atoms with Gasteiger partial charge < -0.3 is 10.2 Å². The molecule has 0 atom stereocenters. The average Bonchev–Trinajstić information content (AvgIpc) is 3.32. The maximum Gasteiger partial charge on any atom is 0.238 e. The molecule has 2 aromatic heterocycles. The van der Waals surface area contributed by atoms with Crippen molar-refractivity contribution in [2.45, 2.75) is 24.3 Å². The van der Waals surface area contributed by atoms with Crippen molar-refractivity contribution >= 4 is 21.7 Å². The molecule has 0 spiro atoms. The summed E-state index contributed by atoms with van der Waals surface area (Å²) in [6.07, 6.45) is 8.18. The monoisotopic (exact) mass is 441 g/mol. The minimum atomic E-state index is -3.72. The topological polar surface area (TPSA) is 136 Å². The number of nitrogens with one attached hydrogen (secondary N) is 1. The summed E-state index contributed by atoms with van der Waals surface area (Å²) in [7, 11) is -3.72. The largest absolute Gasteiger partial charge is 0.356 e. The van der Waals surface area contributed by atoms with Crippen LogP contribution in [0.4, 0.5) is 5.82 Å². The number of aromatic nitrogens is 4. The van der Waals surface area contributed by atoms with Gasteiger partial charge in [-0.25, -0.2) is 28.5 Å². The van der Waals surface area contributed by atoms with Crippen LogP contribution in [-0.2, 0) is 21.4 Å². The zero-order valence-corrected chi connectivity index (χ0v) is 17.6. The van der Waals surface area contributed by atoms with E-state index in [9.17, 15) is 13.2 Å². The predicted molar refractivity (Wildman–Crippen MR) is 114 cm³/mol. The molecule has 3 heterocycles. The molecule has 31 heavy (non-hydrogen) atoms. The summed E-state index contributed by atoms with van der Waals surface area (Å²) in [5.41, 5.74) is 0.811. The Kier molecular flexibility index (Phi) is 5.96. The van der Waals surface area contributed by atoms with Gasteiger partial charge in [0.15, 0.2) is 0 Å². The number of primary sulfonamides is 1. The standard InChI is InChI=1S/C20H23N7O3S/c21-31(29,30)17-3-1-15(2-4-17)12-23-20(28)16-5-8-26(9-6-16)18-11-19(25-13-24-18)27-10-7-22-14-27/h1-4,7,10-11,13-14,16H,5-6,8-9,12H2,(H,23,28)(H2,21,29,30). The molecule has 1 aromatic carbocycles. The fourth-order valence-electron chi connectivity index (χ4n) is 3.55. The predicted octanol–water partition coefficient (Wildman–Crippen LogP) is 0.843. The second kappa shape index (κ2) is 8.82. The summed E-state index contributed by atoms with van der Waals surface area (Å²) in [6, 6.07) is 8.09. The van der Waals surface area contributed by atoms with Gasteiger partial charge in [-0.3, -0.25) is 9.36 Å². The smallest absolute Gasteiger partial charge is 0.238 e. The third-order valence-electron chi connectivity index (χ3n) is 5.32. The van der Waals surface area contributed by atoms with Gasteiger partial charge in [0, 0.05) is 44.0 Å². The molecule has 1 aliphatic heterocycles. The normalized spacial score (nSPS) is 15.1. The molecule has 0 unspecified atom stereocenters. The molecule has 11 heteroatoms. The number of rotatable bonds is 6. The lowest BCUT2D eigenvalue weighted by Gasteiger charge is -2.32. The summed E-state index contributed by atoms with van der Waals surface area (Å²) in [5, 5.41) is 8.03. The number of nitrogens with two attached hydrogens (primary N) is 1. The fraction of sp³-hybridized carbons (Fsp3) is 0.300. The Hall–Kier alpha value is -3.31. The lowest BCUT2D eigenvalue weighted by atomic mass is 9.96. The van der Waals surface area contributed by atoms with Gasteiger partial charge in [-0.05, 0) is 30.5 Å². The molecule has 0 saturated carbocycles. The van der Waals surface area contributed by atoms with Crippen LogP contribution in [-0.4, -0.2) is 46.9 Å².